The quantitative estimate of drug-likeness (QED) is 0.389. The van der Waals surface area contributed by atoms with E-state index < -0.39 is 8.32 Å². The first-order valence-corrected chi connectivity index (χ1v) is 10.4. The Hall–Kier alpha value is -0.563. The van der Waals surface area contributed by atoms with Crippen LogP contribution in [0, 0.1) is 18.3 Å². The lowest BCUT2D eigenvalue weighted by Crippen LogP contribution is -2.45. The van der Waals surface area contributed by atoms with Gasteiger partial charge in [0.15, 0.2) is 8.32 Å². The Bertz CT molecular complexity index is 323. The van der Waals surface area contributed by atoms with Gasteiger partial charge in [0.1, 0.15) is 0 Å². The SMILES string of the molecule is C#CCC[C@H](C=C)[C@@H](CCCO)O[Si](C)(C)C(C)(C)C. The van der Waals surface area contributed by atoms with Crippen molar-refractivity contribution in [1.82, 2.24) is 0 Å². The summed E-state index contributed by atoms with van der Waals surface area (Å²) >= 11 is 0. The molecule has 1 N–H and O–H groups in total. The molecule has 2 atom stereocenters. The highest BCUT2D eigenvalue weighted by Crippen LogP contribution is 2.39. The van der Waals surface area contributed by atoms with E-state index >= 15 is 0 Å². The number of hydrogen-bond donors (Lipinski definition) is 1. The average Bonchev–Trinajstić information content (AvgIpc) is 2.34. The van der Waals surface area contributed by atoms with Crippen molar-refractivity contribution in [2.24, 2.45) is 5.92 Å². The van der Waals surface area contributed by atoms with Crippen molar-refractivity contribution in [1.29, 1.82) is 0 Å². The van der Waals surface area contributed by atoms with Crippen molar-refractivity contribution in [2.75, 3.05) is 6.61 Å². The summed E-state index contributed by atoms with van der Waals surface area (Å²) in [5.74, 6) is 2.97. The normalized spacial score (nSPS) is 15.4. The molecule has 0 saturated heterocycles. The molecule has 0 rings (SSSR count). The van der Waals surface area contributed by atoms with Crippen molar-refractivity contribution in [3.8, 4) is 12.3 Å². The summed E-state index contributed by atoms with van der Waals surface area (Å²) in [7, 11) is -1.82. The van der Waals surface area contributed by atoms with Crippen LogP contribution < -0.4 is 0 Å². The third kappa shape index (κ3) is 6.26. The first-order valence-electron chi connectivity index (χ1n) is 7.54. The number of terminal acetylenes is 1. The lowest BCUT2D eigenvalue weighted by atomic mass is 9.94. The van der Waals surface area contributed by atoms with Gasteiger partial charge in [0.25, 0.3) is 0 Å². The third-order valence-corrected chi connectivity index (χ3v) is 8.81. The molecular weight excluding hydrogens is 264 g/mol. The lowest BCUT2D eigenvalue weighted by Gasteiger charge is -2.41. The van der Waals surface area contributed by atoms with Crippen LogP contribution in [0.4, 0.5) is 0 Å². The Morgan fingerprint density at radius 1 is 1.35 bits per heavy atom. The maximum atomic E-state index is 9.10. The minimum absolute atomic E-state index is 0.119. The van der Waals surface area contributed by atoms with Crippen molar-refractivity contribution in [3.63, 3.8) is 0 Å². The Morgan fingerprint density at radius 3 is 2.35 bits per heavy atom. The fourth-order valence-corrected chi connectivity index (χ4v) is 3.32. The van der Waals surface area contributed by atoms with Crippen LogP contribution in [-0.2, 0) is 4.43 Å². The molecule has 0 aromatic rings. The van der Waals surface area contributed by atoms with Gasteiger partial charge in [0.05, 0.1) is 6.10 Å². The largest absolute Gasteiger partial charge is 0.413 e. The molecule has 0 aromatic carbocycles. The van der Waals surface area contributed by atoms with Crippen LogP contribution in [0.15, 0.2) is 12.7 Å². The monoisotopic (exact) mass is 296 g/mol. The van der Waals surface area contributed by atoms with Crippen LogP contribution in [0.2, 0.25) is 18.1 Å². The highest BCUT2D eigenvalue weighted by molar-refractivity contribution is 6.74. The molecule has 0 unspecified atom stereocenters. The van der Waals surface area contributed by atoms with Crippen LogP contribution >= 0.6 is 0 Å². The van der Waals surface area contributed by atoms with Crippen LogP contribution in [-0.4, -0.2) is 26.1 Å². The molecule has 0 aliphatic carbocycles. The summed E-state index contributed by atoms with van der Waals surface area (Å²) < 4.78 is 6.54. The van der Waals surface area contributed by atoms with Crippen molar-refractivity contribution in [2.45, 2.75) is 70.7 Å². The molecule has 0 aliphatic rings. The molecule has 0 spiro atoms. The summed E-state index contributed by atoms with van der Waals surface area (Å²) in [6.45, 7) is 15.4. The van der Waals surface area contributed by atoms with E-state index in [1.807, 2.05) is 6.08 Å². The molecule has 0 fully saturated rings. The molecule has 116 valence electrons. The van der Waals surface area contributed by atoms with E-state index in [9.17, 15) is 0 Å². The molecule has 0 amide bonds. The Kier molecular flexibility index (Phi) is 8.42. The second-order valence-electron chi connectivity index (χ2n) is 6.92. The average molecular weight is 297 g/mol. The fourth-order valence-electron chi connectivity index (χ4n) is 1.91. The topological polar surface area (TPSA) is 29.5 Å². The first-order chi connectivity index (χ1) is 9.19. The van der Waals surface area contributed by atoms with Crippen molar-refractivity contribution < 1.29 is 9.53 Å². The van der Waals surface area contributed by atoms with Crippen LogP contribution in [0.1, 0.15) is 46.5 Å². The Morgan fingerprint density at radius 2 is 1.95 bits per heavy atom. The highest BCUT2D eigenvalue weighted by atomic mass is 28.4. The summed E-state index contributed by atoms with van der Waals surface area (Å²) in [5.41, 5.74) is 0. The molecule has 0 aliphatic heterocycles. The summed E-state index contributed by atoms with van der Waals surface area (Å²) in [5, 5.41) is 9.28. The maximum Gasteiger partial charge on any atom is 0.192 e. The zero-order valence-electron chi connectivity index (χ0n) is 13.9. The highest BCUT2D eigenvalue weighted by Gasteiger charge is 2.40. The van der Waals surface area contributed by atoms with Gasteiger partial charge in [-0.25, -0.2) is 0 Å². The van der Waals surface area contributed by atoms with E-state index in [0.717, 1.165) is 25.7 Å². The molecular formula is C17H32O2Si. The van der Waals surface area contributed by atoms with Crippen molar-refractivity contribution in [3.05, 3.63) is 12.7 Å². The zero-order valence-corrected chi connectivity index (χ0v) is 14.9. The van der Waals surface area contributed by atoms with Gasteiger partial charge >= 0.3 is 0 Å². The number of aliphatic hydroxyl groups excluding tert-OH is 1. The van der Waals surface area contributed by atoms with Crippen LogP contribution in [0.3, 0.4) is 0 Å². The second-order valence-corrected chi connectivity index (χ2v) is 11.7. The number of hydrogen-bond acceptors (Lipinski definition) is 2. The molecule has 3 heteroatoms. The minimum Gasteiger partial charge on any atom is -0.413 e. The molecule has 0 radical (unpaired) electrons. The van der Waals surface area contributed by atoms with E-state index in [0.29, 0.717) is 0 Å². The van der Waals surface area contributed by atoms with Gasteiger partial charge in [-0.05, 0) is 37.4 Å². The third-order valence-electron chi connectivity index (χ3n) is 4.30. The lowest BCUT2D eigenvalue weighted by molar-refractivity contribution is 0.115. The van der Waals surface area contributed by atoms with E-state index in [1.165, 1.54) is 0 Å². The number of rotatable bonds is 9. The zero-order chi connectivity index (χ0) is 15.8. The summed E-state index contributed by atoms with van der Waals surface area (Å²) in [4.78, 5) is 0. The predicted molar refractivity (Wildman–Crippen MR) is 90.1 cm³/mol. The van der Waals surface area contributed by atoms with E-state index in [-0.39, 0.29) is 23.7 Å². The molecule has 0 saturated carbocycles. The van der Waals surface area contributed by atoms with Gasteiger partial charge in [-0.1, -0.05) is 26.8 Å². The summed E-state index contributed by atoms with van der Waals surface area (Å²) in [6, 6.07) is 0. The second kappa shape index (κ2) is 8.66. The van der Waals surface area contributed by atoms with E-state index in [2.05, 4.69) is 46.4 Å². The summed E-state index contributed by atoms with van der Waals surface area (Å²) in [6.07, 6.45) is 10.7. The first kappa shape index (κ1) is 19.4. The van der Waals surface area contributed by atoms with Gasteiger partial charge in [0, 0.05) is 18.9 Å². The van der Waals surface area contributed by atoms with Gasteiger partial charge < -0.3 is 9.53 Å². The van der Waals surface area contributed by atoms with Gasteiger partial charge in [-0.2, -0.15) is 0 Å². The van der Waals surface area contributed by atoms with E-state index in [4.69, 9.17) is 16.0 Å². The standard InChI is InChI=1S/C17H32O2Si/c1-8-10-12-15(9-2)16(13-11-14-18)19-20(6,7)17(3,4)5/h1,9,15-16,18H,2,10-14H2,3-7H3/t15-,16+/m0/s1. The molecule has 20 heavy (non-hydrogen) atoms. The minimum atomic E-state index is -1.82. The van der Waals surface area contributed by atoms with Crippen molar-refractivity contribution >= 4 is 8.32 Å². The Balaban J connectivity index is 4.95. The fraction of sp³-hybridized carbons (Fsp3) is 0.765. The maximum absolute atomic E-state index is 9.10. The molecule has 2 nitrogen and oxygen atoms in total. The predicted octanol–water partition coefficient (Wildman–Crippen LogP) is 4.36. The van der Waals surface area contributed by atoms with Crippen LogP contribution in [0.5, 0.6) is 0 Å². The smallest absolute Gasteiger partial charge is 0.192 e. The number of aliphatic hydroxyl groups is 1. The van der Waals surface area contributed by atoms with Gasteiger partial charge in [-0.3, -0.25) is 0 Å². The van der Waals surface area contributed by atoms with E-state index in [1.54, 1.807) is 0 Å². The van der Waals surface area contributed by atoms with Gasteiger partial charge in [-0.15, -0.1) is 18.9 Å². The molecule has 0 heterocycles. The molecule has 0 bridgehead atoms. The van der Waals surface area contributed by atoms with Gasteiger partial charge in [0.2, 0.25) is 0 Å². The Labute approximate surface area is 126 Å². The molecule has 0 aromatic heterocycles. The van der Waals surface area contributed by atoms with Crippen LogP contribution in [0.25, 0.3) is 0 Å².